The Morgan fingerprint density at radius 3 is 2.78 bits per heavy atom. The Labute approximate surface area is 112 Å². The second-order valence-corrected chi connectivity index (χ2v) is 4.08. The number of amides is 2. The Hall–Kier alpha value is -1.59. The van der Waals surface area contributed by atoms with Gasteiger partial charge in [0.1, 0.15) is 0 Å². The van der Waals surface area contributed by atoms with Crippen molar-refractivity contribution >= 4 is 29.9 Å². The molecule has 4 N–H and O–H groups in total. The second kappa shape index (κ2) is 6.37. The van der Waals surface area contributed by atoms with Crippen LogP contribution in [0.15, 0.2) is 24.3 Å². The number of hydrogen-bond donors (Lipinski definition) is 3. The fraction of sp³-hybridized carbons (Fsp3) is 0.333. The lowest BCUT2D eigenvalue weighted by molar-refractivity contribution is -0.117. The van der Waals surface area contributed by atoms with E-state index in [1.165, 1.54) is 0 Å². The highest BCUT2D eigenvalue weighted by atomic mass is 35.5. The fourth-order valence-corrected chi connectivity index (χ4v) is 1.89. The molecule has 0 bridgehead atoms. The maximum absolute atomic E-state index is 11.8. The summed E-state index contributed by atoms with van der Waals surface area (Å²) in [6.45, 7) is 0.874. The summed E-state index contributed by atoms with van der Waals surface area (Å²) < 4.78 is 0. The second-order valence-electron chi connectivity index (χ2n) is 4.08. The predicted octanol–water partition coefficient (Wildman–Crippen LogP) is 0.898. The standard InChI is InChI=1S/C12H15N3O2.ClH/c13-11(16)8-3-1-4-9(7-8)15-12(17)10-5-2-6-14-10;/h1,3-4,7,10,14H,2,5-6H2,(H2,13,16)(H,15,17);1H. The van der Waals surface area contributed by atoms with Gasteiger partial charge < -0.3 is 16.4 Å². The number of carbonyl (C=O) groups excluding carboxylic acids is 2. The third-order valence-electron chi connectivity index (χ3n) is 2.79. The van der Waals surface area contributed by atoms with E-state index in [-0.39, 0.29) is 24.4 Å². The molecule has 18 heavy (non-hydrogen) atoms. The fourth-order valence-electron chi connectivity index (χ4n) is 1.89. The molecular weight excluding hydrogens is 254 g/mol. The summed E-state index contributed by atoms with van der Waals surface area (Å²) in [5, 5.41) is 5.88. The highest BCUT2D eigenvalue weighted by molar-refractivity contribution is 5.98. The maximum Gasteiger partial charge on any atom is 0.248 e. The van der Waals surface area contributed by atoms with Crippen molar-refractivity contribution in [3.8, 4) is 0 Å². The zero-order valence-electron chi connectivity index (χ0n) is 9.81. The van der Waals surface area contributed by atoms with E-state index in [9.17, 15) is 9.59 Å². The molecule has 2 rings (SSSR count). The molecule has 2 amide bonds. The van der Waals surface area contributed by atoms with Gasteiger partial charge in [-0.1, -0.05) is 6.07 Å². The summed E-state index contributed by atoms with van der Waals surface area (Å²) in [5.41, 5.74) is 6.16. The Bertz CT molecular complexity index is 445. The number of rotatable bonds is 3. The molecule has 0 aromatic heterocycles. The topological polar surface area (TPSA) is 84.2 Å². The van der Waals surface area contributed by atoms with Gasteiger partial charge >= 0.3 is 0 Å². The lowest BCUT2D eigenvalue weighted by atomic mass is 10.1. The molecule has 5 nitrogen and oxygen atoms in total. The first-order valence-electron chi connectivity index (χ1n) is 5.61. The minimum absolute atomic E-state index is 0. The average Bonchev–Trinajstić information content (AvgIpc) is 2.82. The largest absolute Gasteiger partial charge is 0.366 e. The van der Waals surface area contributed by atoms with E-state index in [0.717, 1.165) is 19.4 Å². The van der Waals surface area contributed by atoms with Gasteiger partial charge in [-0.15, -0.1) is 12.4 Å². The molecule has 98 valence electrons. The predicted molar refractivity (Wildman–Crippen MR) is 71.9 cm³/mol. The van der Waals surface area contributed by atoms with E-state index in [1.807, 2.05) is 0 Å². The van der Waals surface area contributed by atoms with E-state index in [1.54, 1.807) is 24.3 Å². The van der Waals surface area contributed by atoms with Crippen molar-refractivity contribution in [1.29, 1.82) is 0 Å². The summed E-state index contributed by atoms with van der Waals surface area (Å²) in [6, 6.07) is 6.49. The first-order chi connectivity index (χ1) is 8.16. The van der Waals surface area contributed by atoms with Gasteiger partial charge in [-0.05, 0) is 37.6 Å². The van der Waals surface area contributed by atoms with Crippen molar-refractivity contribution in [1.82, 2.24) is 5.32 Å². The van der Waals surface area contributed by atoms with E-state index >= 15 is 0 Å². The van der Waals surface area contributed by atoms with Crippen molar-refractivity contribution in [3.63, 3.8) is 0 Å². The van der Waals surface area contributed by atoms with Crippen molar-refractivity contribution in [2.75, 3.05) is 11.9 Å². The minimum atomic E-state index is -0.500. The summed E-state index contributed by atoms with van der Waals surface area (Å²) in [7, 11) is 0. The number of benzene rings is 1. The highest BCUT2D eigenvalue weighted by Gasteiger charge is 2.21. The SMILES string of the molecule is Cl.NC(=O)c1cccc(NC(=O)C2CCCN2)c1. The van der Waals surface area contributed by atoms with E-state index in [0.29, 0.717) is 11.3 Å². The molecule has 1 aromatic rings. The molecule has 1 atom stereocenters. The first-order valence-corrected chi connectivity index (χ1v) is 5.61. The normalized spacial score (nSPS) is 17.9. The third-order valence-corrected chi connectivity index (χ3v) is 2.79. The first kappa shape index (κ1) is 14.5. The van der Waals surface area contributed by atoms with Crippen LogP contribution in [0, 0.1) is 0 Å². The molecule has 1 heterocycles. The zero-order chi connectivity index (χ0) is 12.3. The molecule has 1 aromatic carbocycles. The van der Waals surface area contributed by atoms with Gasteiger partial charge in [0, 0.05) is 11.3 Å². The van der Waals surface area contributed by atoms with Crippen LogP contribution >= 0.6 is 12.4 Å². The summed E-state index contributed by atoms with van der Waals surface area (Å²) in [5.74, 6) is -0.566. The molecule has 1 unspecified atom stereocenters. The van der Waals surface area contributed by atoms with Crippen LogP contribution in [0.1, 0.15) is 23.2 Å². The van der Waals surface area contributed by atoms with Gasteiger partial charge in [-0.3, -0.25) is 9.59 Å². The van der Waals surface area contributed by atoms with Crippen LogP contribution in [-0.2, 0) is 4.79 Å². The van der Waals surface area contributed by atoms with Gasteiger partial charge in [0.05, 0.1) is 6.04 Å². The number of carbonyl (C=O) groups is 2. The Morgan fingerprint density at radius 1 is 1.39 bits per heavy atom. The summed E-state index contributed by atoms with van der Waals surface area (Å²) >= 11 is 0. The van der Waals surface area contributed by atoms with Gasteiger partial charge in [0.2, 0.25) is 11.8 Å². The number of anilines is 1. The van der Waals surface area contributed by atoms with Crippen LogP contribution in [0.25, 0.3) is 0 Å². The van der Waals surface area contributed by atoms with E-state index < -0.39 is 5.91 Å². The smallest absolute Gasteiger partial charge is 0.248 e. The average molecular weight is 270 g/mol. The summed E-state index contributed by atoms with van der Waals surface area (Å²) in [4.78, 5) is 22.8. The molecule has 1 saturated heterocycles. The van der Waals surface area contributed by atoms with Gasteiger partial charge in [0.25, 0.3) is 0 Å². The van der Waals surface area contributed by atoms with Crippen LogP contribution in [-0.4, -0.2) is 24.4 Å². The molecule has 6 heteroatoms. The lowest BCUT2D eigenvalue weighted by Gasteiger charge is -2.11. The highest BCUT2D eigenvalue weighted by Crippen LogP contribution is 2.12. The van der Waals surface area contributed by atoms with Crippen LogP contribution in [0.3, 0.4) is 0 Å². The number of hydrogen-bond acceptors (Lipinski definition) is 3. The zero-order valence-corrected chi connectivity index (χ0v) is 10.6. The molecule has 0 saturated carbocycles. The van der Waals surface area contributed by atoms with Crippen LogP contribution in [0.2, 0.25) is 0 Å². The van der Waals surface area contributed by atoms with Gasteiger partial charge in [-0.25, -0.2) is 0 Å². The van der Waals surface area contributed by atoms with Crippen LogP contribution in [0.4, 0.5) is 5.69 Å². The molecule has 1 fully saturated rings. The molecule has 0 spiro atoms. The lowest BCUT2D eigenvalue weighted by Crippen LogP contribution is -2.35. The maximum atomic E-state index is 11.8. The molecule has 1 aliphatic rings. The number of halogens is 1. The Balaban J connectivity index is 0.00000162. The Kier molecular flexibility index (Phi) is 5.12. The van der Waals surface area contributed by atoms with E-state index in [4.69, 9.17) is 5.73 Å². The van der Waals surface area contributed by atoms with Gasteiger partial charge in [-0.2, -0.15) is 0 Å². The number of nitrogens with one attached hydrogen (secondary N) is 2. The molecular formula is C12H16ClN3O2. The summed E-state index contributed by atoms with van der Waals surface area (Å²) in [6.07, 6.45) is 1.86. The molecule has 0 aliphatic carbocycles. The monoisotopic (exact) mass is 269 g/mol. The van der Waals surface area contributed by atoms with Crippen molar-refractivity contribution < 1.29 is 9.59 Å². The van der Waals surface area contributed by atoms with Crippen LogP contribution in [0.5, 0.6) is 0 Å². The quantitative estimate of drug-likeness (QED) is 0.762. The van der Waals surface area contributed by atoms with Crippen molar-refractivity contribution in [3.05, 3.63) is 29.8 Å². The molecule has 1 aliphatic heterocycles. The third kappa shape index (κ3) is 3.45. The van der Waals surface area contributed by atoms with Gasteiger partial charge in [0.15, 0.2) is 0 Å². The Morgan fingerprint density at radius 2 is 2.17 bits per heavy atom. The number of primary amides is 1. The van der Waals surface area contributed by atoms with Crippen molar-refractivity contribution in [2.24, 2.45) is 5.73 Å². The van der Waals surface area contributed by atoms with E-state index in [2.05, 4.69) is 10.6 Å². The number of nitrogens with two attached hydrogens (primary N) is 1. The minimum Gasteiger partial charge on any atom is -0.366 e. The molecule has 0 radical (unpaired) electrons. The van der Waals surface area contributed by atoms with Crippen molar-refractivity contribution in [2.45, 2.75) is 18.9 Å². The van der Waals surface area contributed by atoms with Crippen LogP contribution < -0.4 is 16.4 Å².